The molecule has 0 aromatic heterocycles. The quantitative estimate of drug-likeness (QED) is 0.257. The summed E-state index contributed by atoms with van der Waals surface area (Å²) >= 11 is 55.2. The highest BCUT2D eigenvalue weighted by Crippen LogP contribution is 2.52. The summed E-state index contributed by atoms with van der Waals surface area (Å²) in [5.41, 5.74) is 0. The summed E-state index contributed by atoms with van der Waals surface area (Å²) in [5, 5.41) is 1.58. The van der Waals surface area contributed by atoms with Crippen LogP contribution in [0.2, 0.25) is 45.2 Å². The maximum atomic E-state index is 6.22. The van der Waals surface area contributed by atoms with Crippen molar-refractivity contribution in [3.63, 3.8) is 0 Å². The Labute approximate surface area is 223 Å². The van der Waals surface area contributed by atoms with E-state index in [9.17, 15) is 0 Å². The first-order valence-corrected chi connectivity index (χ1v) is 12.3. The Bertz CT molecular complexity index is 932. The normalized spacial score (nSPS) is 11.0. The van der Waals surface area contributed by atoms with Crippen molar-refractivity contribution in [2.45, 2.75) is 0 Å². The first kappa shape index (κ1) is 25.7. The smallest absolute Gasteiger partial charge is 0.405 e. The van der Waals surface area contributed by atoms with E-state index in [1.807, 2.05) is 0 Å². The summed E-state index contributed by atoms with van der Waals surface area (Å²) in [4.78, 5) is 0. The lowest BCUT2D eigenvalue weighted by Crippen LogP contribution is -2.04. The summed E-state index contributed by atoms with van der Waals surface area (Å²) in [6.07, 6.45) is 0. The molecule has 3 rings (SSSR count). The molecule has 0 unspecified atom stereocenters. The zero-order chi connectivity index (χ0) is 22.9. The highest BCUT2D eigenvalue weighted by Gasteiger charge is 2.28. The zero-order valence-corrected chi connectivity index (χ0v) is 22.2. The largest absolute Gasteiger partial charge is 0.530 e. The predicted octanol–water partition coefficient (Wildman–Crippen LogP) is 11.3. The molecular formula is C18H6Cl9O3P. The first-order valence-electron chi connectivity index (χ1n) is 7.83. The van der Waals surface area contributed by atoms with Gasteiger partial charge in [-0.05, 0) is 36.4 Å². The van der Waals surface area contributed by atoms with Crippen molar-refractivity contribution in [1.82, 2.24) is 0 Å². The molecule has 3 nitrogen and oxygen atoms in total. The number of hydrogen-bond acceptors (Lipinski definition) is 3. The molecule has 0 atom stereocenters. The van der Waals surface area contributed by atoms with Gasteiger partial charge in [-0.1, -0.05) is 104 Å². The van der Waals surface area contributed by atoms with Crippen LogP contribution in [0.25, 0.3) is 0 Å². The van der Waals surface area contributed by atoms with Crippen molar-refractivity contribution >= 4 is 113 Å². The van der Waals surface area contributed by atoms with Crippen molar-refractivity contribution in [2.24, 2.45) is 0 Å². The van der Waals surface area contributed by atoms with Gasteiger partial charge in [-0.2, -0.15) is 0 Å². The standard InChI is InChI=1S/C18H6Cl9O3P/c19-7-1-10(22)16(11(23)2-7)28-31(29-17-12(24)3-8(20)4-13(17)25)30-18-14(26)5-9(21)6-15(18)27/h1-6H. The molecule has 3 aromatic rings. The molecule has 13 heteroatoms. The maximum Gasteiger partial charge on any atom is 0.530 e. The molecule has 0 saturated carbocycles. The molecule has 3 aromatic carbocycles. The minimum absolute atomic E-state index is 0.0428. The molecule has 0 spiro atoms. The summed E-state index contributed by atoms with van der Waals surface area (Å²) in [5.74, 6) is 0.129. The number of hydrogen-bond donors (Lipinski definition) is 0. The molecule has 0 saturated heterocycles. The summed E-state index contributed by atoms with van der Waals surface area (Å²) < 4.78 is 17.5. The Morgan fingerprint density at radius 2 is 0.581 bits per heavy atom. The molecule has 0 aliphatic heterocycles. The van der Waals surface area contributed by atoms with Gasteiger partial charge >= 0.3 is 8.60 Å². The van der Waals surface area contributed by atoms with Crippen LogP contribution in [0.4, 0.5) is 0 Å². The third-order valence-corrected chi connectivity index (χ3v) is 6.72. The van der Waals surface area contributed by atoms with E-state index in [2.05, 4.69) is 0 Å². The molecule has 0 fully saturated rings. The van der Waals surface area contributed by atoms with Gasteiger partial charge in [-0.15, -0.1) is 0 Å². The van der Waals surface area contributed by atoms with Crippen LogP contribution in [0.5, 0.6) is 17.2 Å². The van der Waals surface area contributed by atoms with Crippen molar-refractivity contribution in [1.29, 1.82) is 0 Å². The second-order valence-electron chi connectivity index (χ2n) is 5.59. The number of halogens is 9. The van der Waals surface area contributed by atoms with Crippen LogP contribution >= 0.6 is 113 Å². The van der Waals surface area contributed by atoms with Crippen LogP contribution in [0.3, 0.4) is 0 Å². The topological polar surface area (TPSA) is 27.7 Å². The van der Waals surface area contributed by atoms with Crippen LogP contribution in [0.15, 0.2) is 36.4 Å². The van der Waals surface area contributed by atoms with Crippen LogP contribution in [0, 0.1) is 0 Å². The summed E-state index contributed by atoms with van der Waals surface area (Å²) in [6, 6.07) is 8.60. The Morgan fingerprint density at radius 3 is 0.774 bits per heavy atom. The molecule has 31 heavy (non-hydrogen) atoms. The fourth-order valence-electron chi connectivity index (χ4n) is 2.13. The van der Waals surface area contributed by atoms with E-state index in [1.54, 1.807) is 0 Å². The lowest BCUT2D eigenvalue weighted by molar-refractivity contribution is 0.388. The van der Waals surface area contributed by atoms with Crippen LogP contribution in [-0.2, 0) is 0 Å². The van der Waals surface area contributed by atoms with Gasteiger partial charge in [0.25, 0.3) is 0 Å². The molecule has 164 valence electrons. The molecule has 0 amide bonds. The third kappa shape index (κ3) is 6.58. The summed E-state index contributed by atoms with van der Waals surface area (Å²) in [7, 11) is -2.35. The Hall–Kier alpha value is 0.1000. The van der Waals surface area contributed by atoms with Gasteiger partial charge < -0.3 is 13.6 Å². The molecular weight excluding hydrogens is 614 g/mol. The van der Waals surface area contributed by atoms with E-state index in [4.69, 9.17) is 118 Å². The average molecular weight is 620 g/mol. The van der Waals surface area contributed by atoms with Gasteiger partial charge in [-0.25, -0.2) is 0 Å². The first-order chi connectivity index (χ1) is 14.5. The Morgan fingerprint density at radius 1 is 0.387 bits per heavy atom. The third-order valence-electron chi connectivity index (χ3n) is 3.39. The van der Waals surface area contributed by atoms with E-state index >= 15 is 0 Å². The fraction of sp³-hybridized carbons (Fsp3) is 0. The highest BCUT2D eigenvalue weighted by molar-refractivity contribution is 7.43. The van der Waals surface area contributed by atoms with Gasteiger partial charge in [-0.3, -0.25) is 0 Å². The van der Waals surface area contributed by atoms with Gasteiger partial charge in [0.15, 0.2) is 17.2 Å². The second-order valence-corrected chi connectivity index (χ2v) is 10.3. The van der Waals surface area contributed by atoms with Crippen molar-refractivity contribution in [3.8, 4) is 17.2 Å². The van der Waals surface area contributed by atoms with Gasteiger partial charge in [0.1, 0.15) is 0 Å². The Balaban J connectivity index is 2.02. The Kier molecular flexibility index (Phi) is 9.14. The molecule has 0 N–H and O–H groups in total. The lowest BCUT2D eigenvalue weighted by Gasteiger charge is -2.21. The van der Waals surface area contributed by atoms with Crippen LogP contribution in [0.1, 0.15) is 0 Å². The van der Waals surface area contributed by atoms with E-state index < -0.39 is 8.60 Å². The second kappa shape index (κ2) is 11.0. The number of benzene rings is 3. The van der Waals surface area contributed by atoms with Gasteiger partial charge in [0.05, 0.1) is 30.1 Å². The van der Waals surface area contributed by atoms with Crippen molar-refractivity contribution in [3.05, 3.63) is 81.6 Å². The predicted molar refractivity (Wildman–Crippen MR) is 133 cm³/mol. The van der Waals surface area contributed by atoms with Crippen LogP contribution < -0.4 is 13.6 Å². The van der Waals surface area contributed by atoms with E-state index in [-0.39, 0.29) is 47.4 Å². The van der Waals surface area contributed by atoms with Crippen molar-refractivity contribution in [2.75, 3.05) is 0 Å². The highest BCUT2D eigenvalue weighted by atomic mass is 35.5. The van der Waals surface area contributed by atoms with Gasteiger partial charge in [0, 0.05) is 15.1 Å². The lowest BCUT2D eigenvalue weighted by atomic mass is 10.3. The van der Waals surface area contributed by atoms with Crippen molar-refractivity contribution < 1.29 is 13.6 Å². The van der Waals surface area contributed by atoms with E-state index in [0.29, 0.717) is 15.1 Å². The zero-order valence-electron chi connectivity index (χ0n) is 14.5. The number of rotatable bonds is 6. The molecule has 0 radical (unpaired) electrons. The average Bonchev–Trinajstić information content (AvgIpc) is 2.63. The van der Waals surface area contributed by atoms with E-state index in [0.717, 1.165) is 0 Å². The van der Waals surface area contributed by atoms with Crippen LogP contribution in [-0.4, -0.2) is 0 Å². The minimum Gasteiger partial charge on any atom is -0.405 e. The molecule has 0 bridgehead atoms. The summed E-state index contributed by atoms with van der Waals surface area (Å²) in [6.45, 7) is 0. The monoisotopic (exact) mass is 616 g/mol. The van der Waals surface area contributed by atoms with E-state index in [1.165, 1.54) is 36.4 Å². The maximum absolute atomic E-state index is 6.22. The minimum atomic E-state index is -2.35. The van der Waals surface area contributed by atoms with Gasteiger partial charge in [0.2, 0.25) is 0 Å². The molecule has 0 aliphatic rings. The molecule has 0 aliphatic carbocycles. The fourth-order valence-corrected chi connectivity index (χ4v) is 6.28. The SMILES string of the molecule is Clc1cc(Cl)c(OP(Oc2c(Cl)cc(Cl)cc2Cl)Oc2c(Cl)cc(Cl)cc2Cl)c(Cl)c1. The molecule has 0 heterocycles.